The first kappa shape index (κ1) is 19.0. The molecule has 9 nitrogen and oxygen atoms in total. The van der Waals surface area contributed by atoms with Crippen molar-refractivity contribution in [2.45, 2.75) is 0 Å². The summed E-state index contributed by atoms with van der Waals surface area (Å²) in [6.45, 7) is 3.69. The van der Waals surface area contributed by atoms with E-state index < -0.39 is 11.8 Å². The molecule has 0 aromatic carbocycles. The second-order valence-electron chi connectivity index (χ2n) is 7.03. The van der Waals surface area contributed by atoms with Crippen LogP contribution in [0.4, 0.5) is 5.82 Å². The van der Waals surface area contributed by atoms with Crippen LogP contribution in [0, 0.1) is 0 Å². The Hall–Kier alpha value is -3.36. The Balaban J connectivity index is 1.27. The van der Waals surface area contributed by atoms with Gasteiger partial charge in [-0.15, -0.1) is 0 Å². The zero-order valence-corrected chi connectivity index (χ0v) is 16.1. The molecule has 2 fully saturated rings. The van der Waals surface area contributed by atoms with E-state index in [-0.39, 0.29) is 11.7 Å². The molecule has 2 aliphatic heterocycles. The van der Waals surface area contributed by atoms with Crippen LogP contribution < -0.4 is 4.90 Å². The Morgan fingerprint density at radius 1 is 0.759 bits per heavy atom. The molecule has 0 aliphatic carbocycles. The Kier molecular flexibility index (Phi) is 5.46. The summed E-state index contributed by atoms with van der Waals surface area (Å²) in [5.74, 6) is -0.00756. The van der Waals surface area contributed by atoms with Crippen LogP contribution in [0.25, 0.3) is 0 Å². The smallest absolute Gasteiger partial charge is 0.312 e. The highest BCUT2D eigenvalue weighted by Crippen LogP contribution is 2.14. The van der Waals surface area contributed by atoms with Crippen molar-refractivity contribution in [1.29, 1.82) is 0 Å². The molecule has 9 heteroatoms. The normalized spacial score (nSPS) is 17.4. The summed E-state index contributed by atoms with van der Waals surface area (Å²) in [4.78, 5) is 48.8. The van der Waals surface area contributed by atoms with Crippen molar-refractivity contribution in [3.63, 3.8) is 0 Å². The van der Waals surface area contributed by atoms with Gasteiger partial charge in [0.15, 0.2) is 5.76 Å². The number of aromatic nitrogens is 1. The number of furan rings is 1. The number of carbonyl (C=O) groups excluding carboxylic acids is 3. The minimum Gasteiger partial charge on any atom is -0.459 e. The highest BCUT2D eigenvalue weighted by molar-refractivity contribution is 6.35. The van der Waals surface area contributed by atoms with Crippen molar-refractivity contribution < 1.29 is 18.8 Å². The Bertz CT molecular complexity index is 854. The van der Waals surface area contributed by atoms with Gasteiger partial charge in [0.05, 0.1) is 6.26 Å². The summed E-state index contributed by atoms with van der Waals surface area (Å²) < 4.78 is 5.14. The molecule has 0 unspecified atom stereocenters. The van der Waals surface area contributed by atoms with Crippen molar-refractivity contribution >= 4 is 23.5 Å². The maximum atomic E-state index is 12.6. The zero-order chi connectivity index (χ0) is 20.2. The molecule has 0 radical (unpaired) electrons. The first-order valence-electron chi connectivity index (χ1n) is 9.70. The SMILES string of the molecule is O=C(C(=O)N1CCN(c2ccccn2)CC1)N1CCN(C(=O)c2ccco2)CC1. The molecule has 152 valence electrons. The average Bonchev–Trinajstić information content (AvgIpc) is 3.33. The molecular formula is C20H23N5O4. The third-order valence-corrected chi connectivity index (χ3v) is 5.31. The number of hydrogen-bond acceptors (Lipinski definition) is 6. The molecular weight excluding hydrogens is 374 g/mol. The van der Waals surface area contributed by atoms with Crippen LogP contribution in [0.15, 0.2) is 47.2 Å². The van der Waals surface area contributed by atoms with Crippen LogP contribution in [0.2, 0.25) is 0 Å². The second kappa shape index (κ2) is 8.34. The van der Waals surface area contributed by atoms with Crippen molar-refractivity contribution in [3.05, 3.63) is 48.6 Å². The number of nitrogens with zero attached hydrogens (tertiary/aromatic N) is 5. The molecule has 2 aliphatic rings. The van der Waals surface area contributed by atoms with E-state index in [1.54, 1.807) is 28.1 Å². The number of rotatable bonds is 2. The average molecular weight is 397 g/mol. The van der Waals surface area contributed by atoms with E-state index in [0.29, 0.717) is 52.4 Å². The molecule has 4 heterocycles. The van der Waals surface area contributed by atoms with Gasteiger partial charge in [0, 0.05) is 58.6 Å². The van der Waals surface area contributed by atoms with E-state index in [2.05, 4.69) is 9.88 Å². The maximum absolute atomic E-state index is 12.6. The van der Waals surface area contributed by atoms with Gasteiger partial charge in [-0.05, 0) is 24.3 Å². The third-order valence-electron chi connectivity index (χ3n) is 5.31. The van der Waals surface area contributed by atoms with Gasteiger partial charge in [0.25, 0.3) is 5.91 Å². The van der Waals surface area contributed by atoms with E-state index in [0.717, 1.165) is 5.82 Å². The molecule has 0 saturated carbocycles. The van der Waals surface area contributed by atoms with Crippen LogP contribution in [0.1, 0.15) is 10.6 Å². The zero-order valence-electron chi connectivity index (χ0n) is 16.1. The molecule has 4 rings (SSSR count). The van der Waals surface area contributed by atoms with Crippen molar-refractivity contribution in [2.24, 2.45) is 0 Å². The first-order valence-corrected chi connectivity index (χ1v) is 9.70. The van der Waals surface area contributed by atoms with Gasteiger partial charge in [0.2, 0.25) is 0 Å². The molecule has 0 N–H and O–H groups in total. The second-order valence-corrected chi connectivity index (χ2v) is 7.03. The molecule has 29 heavy (non-hydrogen) atoms. The standard InChI is InChI=1S/C20H23N5O4/c26-18(16-4-3-15-29-16)23-11-13-25(14-12-23)20(28)19(27)24-9-7-22(8-10-24)17-5-1-2-6-21-17/h1-6,15H,7-14H2. The lowest BCUT2D eigenvalue weighted by atomic mass is 10.2. The monoisotopic (exact) mass is 397 g/mol. The van der Waals surface area contributed by atoms with Gasteiger partial charge >= 0.3 is 11.8 Å². The van der Waals surface area contributed by atoms with Crippen LogP contribution in [0.3, 0.4) is 0 Å². The summed E-state index contributed by atoms with van der Waals surface area (Å²) in [6.07, 6.45) is 3.20. The first-order chi connectivity index (χ1) is 14.1. The Morgan fingerprint density at radius 3 is 1.93 bits per heavy atom. The number of carbonyl (C=O) groups is 3. The minimum absolute atomic E-state index is 0.195. The topological polar surface area (TPSA) is 90.2 Å². The van der Waals surface area contributed by atoms with Crippen LogP contribution in [-0.2, 0) is 9.59 Å². The summed E-state index contributed by atoms with van der Waals surface area (Å²) in [7, 11) is 0. The van der Waals surface area contributed by atoms with Crippen molar-refractivity contribution in [2.75, 3.05) is 57.3 Å². The highest BCUT2D eigenvalue weighted by atomic mass is 16.3. The highest BCUT2D eigenvalue weighted by Gasteiger charge is 2.32. The van der Waals surface area contributed by atoms with Gasteiger partial charge < -0.3 is 24.0 Å². The number of pyridine rings is 1. The van der Waals surface area contributed by atoms with Crippen LogP contribution >= 0.6 is 0 Å². The summed E-state index contributed by atoms with van der Waals surface area (Å²) in [5, 5.41) is 0. The fraction of sp³-hybridized carbons (Fsp3) is 0.400. The molecule has 0 bridgehead atoms. The van der Waals surface area contributed by atoms with Gasteiger partial charge in [-0.2, -0.15) is 0 Å². The van der Waals surface area contributed by atoms with Gasteiger partial charge in [-0.25, -0.2) is 4.98 Å². The van der Waals surface area contributed by atoms with Gasteiger partial charge in [0.1, 0.15) is 5.82 Å². The number of piperazine rings is 2. The molecule has 2 saturated heterocycles. The predicted octanol–water partition coefficient (Wildman–Crippen LogP) is 0.308. The van der Waals surface area contributed by atoms with E-state index in [9.17, 15) is 14.4 Å². The number of amides is 3. The summed E-state index contributed by atoms with van der Waals surface area (Å²) in [5.41, 5.74) is 0. The summed E-state index contributed by atoms with van der Waals surface area (Å²) >= 11 is 0. The number of hydrogen-bond donors (Lipinski definition) is 0. The Labute approximate surface area is 168 Å². The lowest BCUT2D eigenvalue weighted by Crippen LogP contribution is -2.57. The quantitative estimate of drug-likeness (QED) is 0.678. The minimum atomic E-state index is -0.499. The van der Waals surface area contributed by atoms with Gasteiger partial charge in [-0.1, -0.05) is 6.07 Å². The third kappa shape index (κ3) is 4.08. The molecule has 2 aromatic rings. The van der Waals surface area contributed by atoms with Crippen molar-refractivity contribution in [1.82, 2.24) is 19.7 Å². The van der Waals surface area contributed by atoms with E-state index >= 15 is 0 Å². The fourth-order valence-corrected chi connectivity index (χ4v) is 3.62. The summed E-state index contributed by atoms with van der Waals surface area (Å²) in [6, 6.07) is 9.02. The molecule has 2 aromatic heterocycles. The van der Waals surface area contributed by atoms with Gasteiger partial charge in [-0.3, -0.25) is 14.4 Å². The van der Waals surface area contributed by atoms with E-state index in [1.807, 2.05) is 18.2 Å². The van der Waals surface area contributed by atoms with Crippen molar-refractivity contribution in [3.8, 4) is 0 Å². The molecule has 0 atom stereocenters. The van der Waals surface area contributed by atoms with E-state index in [4.69, 9.17) is 4.42 Å². The molecule has 3 amide bonds. The Morgan fingerprint density at radius 2 is 1.38 bits per heavy atom. The largest absolute Gasteiger partial charge is 0.459 e. The maximum Gasteiger partial charge on any atom is 0.312 e. The van der Waals surface area contributed by atoms with Crippen LogP contribution in [-0.4, -0.2) is 89.8 Å². The lowest BCUT2D eigenvalue weighted by Gasteiger charge is -2.37. The number of anilines is 1. The fourth-order valence-electron chi connectivity index (χ4n) is 3.62. The predicted molar refractivity (Wildman–Crippen MR) is 104 cm³/mol. The van der Waals surface area contributed by atoms with E-state index in [1.165, 1.54) is 11.2 Å². The molecule has 0 spiro atoms. The van der Waals surface area contributed by atoms with Crippen LogP contribution in [0.5, 0.6) is 0 Å². The lowest BCUT2D eigenvalue weighted by molar-refractivity contribution is -0.152.